The van der Waals surface area contributed by atoms with Crippen molar-refractivity contribution >= 4 is 49.1 Å². The maximum Gasteiger partial charge on any atom is 0.253 e. The summed E-state index contributed by atoms with van der Waals surface area (Å²) in [5.41, 5.74) is 0.697. The first-order valence-electron chi connectivity index (χ1n) is 5.30. The van der Waals surface area contributed by atoms with E-state index in [9.17, 15) is 4.79 Å². The Kier molecular flexibility index (Phi) is 4.59. The Labute approximate surface area is 127 Å². The van der Waals surface area contributed by atoms with Crippen molar-refractivity contribution in [3.8, 4) is 0 Å². The molecule has 0 N–H and O–H groups in total. The standard InChI is InChI=1S/C13H11Br2NOS/c1-16(7-12-6-11(15)8-18-12)13(17)9-3-2-4-10(14)5-9/h2-6,8H,7H2,1H3. The highest BCUT2D eigenvalue weighted by atomic mass is 79.9. The van der Waals surface area contributed by atoms with E-state index in [0.29, 0.717) is 12.1 Å². The van der Waals surface area contributed by atoms with Crippen LogP contribution >= 0.6 is 43.2 Å². The molecule has 0 saturated heterocycles. The van der Waals surface area contributed by atoms with Crippen molar-refractivity contribution in [1.29, 1.82) is 0 Å². The third-order valence-electron chi connectivity index (χ3n) is 2.43. The monoisotopic (exact) mass is 387 g/mol. The van der Waals surface area contributed by atoms with Gasteiger partial charge < -0.3 is 4.90 Å². The molecule has 94 valence electrons. The molecule has 2 rings (SSSR count). The molecule has 0 aliphatic heterocycles. The SMILES string of the molecule is CN(Cc1cc(Br)cs1)C(=O)c1cccc(Br)c1. The van der Waals surface area contributed by atoms with Crippen molar-refractivity contribution in [3.05, 3.63) is 55.1 Å². The molecule has 0 saturated carbocycles. The minimum absolute atomic E-state index is 0.0285. The number of rotatable bonds is 3. The molecule has 1 aromatic carbocycles. The van der Waals surface area contributed by atoms with E-state index in [1.54, 1.807) is 16.2 Å². The summed E-state index contributed by atoms with van der Waals surface area (Å²) in [5.74, 6) is 0.0285. The number of hydrogen-bond donors (Lipinski definition) is 0. The van der Waals surface area contributed by atoms with Gasteiger partial charge in [-0.2, -0.15) is 0 Å². The topological polar surface area (TPSA) is 20.3 Å². The van der Waals surface area contributed by atoms with Crippen LogP contribution in [0.25, 0.3) is 0 Å². The quantitative estimate of drug-likeness (QED) is 0.755. The molecule has 2 aromatic rings. The summed E-state index contributed by atoms with van der Waals surface area (Å²) in [7, 11) is 1.82. The normalized spacial score (nSPS) is 10.4. The summed E-state index contributed by atoms with van der Waals surface area (Å²) in [4.78, 5) is 15.1. The maximum atomic E-state index is 12.2. The van der Waals surface area contributed by atoms with Gasteiger partial charge in [0.15, 0.2) is 0 Å². The Bertz CT molecular complexity index is 568. The van der Waals surface area contributed by atoms with E-state index in [1.807, 2.05) is 42.8 Å². The predicted octanol–water partition coefficient (Wildman–Crippen LogP) is 4.55. The minimum atomic E-state index is 0.0285. The molecule has 0 bridgehead atoms. The fraction of sp³-hybridized carbons (Fsp3) is 0.154. The van der Waals surface area contributed by atoms with E-state index in [1.165, 1.54) is 0 Å². The number of nitrogens with zero attached hydrogens (tertiary/aromatic N) is 1. The third kappa shape index (κ3) is 3.43. The van der Waals surface area contributed by atoms with Crippen LogP contribution in [0.2, 0.25) is 0 Å². The number of hydrogen-bond acceptors (Lipinski definition) is 2. The molecule has 0 spiro atoms. The van der Waals surface area contributed by atoms with E-state index in [4.69, 9.17) is 0 Å². The van der Waals surface area contributed by atoms with Gasteiger partial charge in [-0.25, -0.2) is 0 Å². The lowest BCUT2D eigenvalue weighted by Gasteiger charge is -2.16. The van der Waals surface area contributed by atoms with E-state index < -0.39 is 0 Å². The zero-order valence-electron chi connectivity index (χ0n) is 9.69. The number of carbonyl (C=O) groups is 1. The van der Waals surface area contributed by atoms with Gasteiger partial charge in [0.2, 0.25) is 0 Å². The van der Waals surface area contributed by atoms with Gasteiger partial charge in [0.25, 0.3) is 5.91 Å². The van der Waals surface area contributed by atoms with Gasteiger partial charge in [0, 0.05) is 31.8 Å². The Hall–Kier alpha value is -0.650. The van der Waals surface area contributed by atoms with Gasteiger partial charge in [0.05, 0.1) is 6.54 Å². The Morgan fingerprint density at radius 1 is 1.28 bits per heavy atom. The lowest BCUT2D eigenvalue weighted by Crippen LogP contribution is -2.25. The summed E-state index contributed by atoms with van der Waals surface area (Å²) in [6, 6.07) is 9.48. The third-order valence-corrected chi connectivity index (χ3v) is 4.61. The number of halogens is 2. The second-order valence-corrected chi connectivity index (χ2v) is 6.73. The molecular weight excluding hydrogens is 378 g/mol. The number of carbonyl (C=O) groups excluding carboxylic acids is 1. The number of thiophene rings is 1. The molecule has 0 atom stereocenters. The highest BCUT2D eigenvalue weighted by Crippen LogP contribution is 2.21. The Morgan fingerprint density at radius 3 is 2.67 bits per heavy atom. The smallest absolute Gasteiger partial charge is 0.253 e. The van der Waals surface area contributed by atoms with Crippen molar-refractivity contribution in [2.24, 2.45) is 0 Å². The Morgan fingerprint density at radius 2 is 2.06 bits per heavy atom. The molecule has 0 unspecified atom stereocenters. The molecule has 0 aliphatic rings. The molecule has 5 heteroatoms. The summed E-state index contributed by atoms with van der Waals surface area (Å²) >= 11 is 8.43. The zero-order valence-corrected chi connectivity index (χ0v) is 13.7. The molecule has 0 radical (unpaired) electrons. The first-order chi connectivity index (χ1) is 8.56. The minimum Gasteiger partial charge on any atom is -0.337 e. The van der Waals surface area contributed by atoms with Crippen LogP contribution in [0.3, 0.4) is 0 Å². The van der Waals surface area contributed by atoms with Crippen LogP contribution in [0.5, 0.6) is 0 Å². The van der Waals surface area contributed by atoms with Crippen molar-refractivity contribution in [2.45, 2.75) is 6.54 Å². The van der Waals surface area contributed by atoms with Crippen molar-refractivity contribution in [3.63, 3.8) is 0 Å². The second kappa shape index (κ2) is 5.99. The summed E-state index contributed by atoms with van der Waals surface area (Å²) < 4.78 is 1.98. The fourth-order valence-electron chi connectivity index (χ4n) is 1.58. The zero-order chi connectivity index (χ0) is 13.1. The largest absolute Gasteiger partial charge is 0.337 e. The van der Waals surface area contributed by atoms with Crippen LogP contribution in [0.15, 0.2) is 44.7 Å². The van der Waals surface area contributed by atoms with E-state index in [2.05, 4.69) is 31.9 Å². The van der Waals surface area contributed by atoms with Crippen LogP contribution < -0.4 is 0 Å². The van der Waals surface area contributed by atoms with Crippen molar-refractivity contribution in [2.75, 3.05) is 7.05 Å². The fourth-order valence-corrected chi connectivity index (χ4v) is 3.49. The van der Waals surface area contributed by atoms with Gasteiger partial charge in [0.1, 0.15) is 0 Å². The highest BCUT2D eigenvalue weighted by molar-refractivity contribution is 9.10. The van der Waals surface area contributed by atoms with Crippen molar-refractivity contribution in [1.82, 2.24) is 4.90 Å². The first-order valence-corrected chi connectivity index (χ1v) is 7.77. The van der Waals surface area contributed by atoms with Gasteiger partial charge in [-0.05, 0) is 40.2 Å². The number of amides is 1. The molecular formula is C13H11Br2NOS. The molecule has 2 nitrogen and oxygen atoms in total. The summed E-state index contributed by atoms with van der Waals surface area (Å²) in [6.45, 7) is 0.627. The average molecular weight is 389 g/mol. The molecule has 1 amide bonds. The first kappa shape index (κ1) is 13.8. The second-order valence-electron chi connectivity index (χ2n) is 3.90. The Balaban J connectivity index is 2.09. The van der Waals surface area contributed by atoms with Crippen LogP contribution in [-0.2, 0) is 6.54 Å². The average Bonchev–Trinajstić information content (AvgIpc) is 2.73. The van der Waals surface area contributed by atoms with Crippen molar-refractivity contribution < 1.29 is 4.79 Å². The molecule has 0 fully saturated rings. The van der Waals surface area contributed by atoms with Crippen LogP contribution in [0.4, 0.5) is 0 Å². The molecule has 1 aromatic heterocycles. The van der Waals surface area contributed by atoms with Gasteiger partial charge in [-0.15, -0.1) is 11.3 Å². The number of benzene rings is 1. The van der Waals surface area contributed by atoms with E-state index in [-0.39, 0.29) is 5.91 Å². The maximum absolute atomic E-state index is 12.2. The van der Waals surface area contributed by atoms with Crippen LogP contribution in [-0.4, -0.2) is 17.9 Å². The van der Waals surface area contributed by atoms with E-state index >= 15 is 0 Å². The lowest BCUT2D eigenvalue weighted by atomic mass is 10.2. The molecule has 1 heterocycles. The van der Waals surface area contributed by atoms with Gasteiger partial charge in [-0.1, -0.05) is 22.0 Å². The highest BCUT2D eigenvalue weighted by Gasteiger charge is 2.12. The van der Waals surface area contributed by atoms with E-state index in [0.717, 1.165) is 13.8 Å². The van der Waals surface area contributed by atoms with Crippen LogP contribution in [0, 0.1) is 0 Å². The molecule has 0 aliphatic carbocycles. The predicted molar refractivity (Wildman–Crippen MR) is 82.0 cm³/mol. The summed E-state index contributed by atoms with van der Waals surface area (Å²) in [6.07, 6.45) is 0. The summed E-state index contributed by atoms with van der Waals surface area (Å²) in [5, 5.41) is 2.02. The van der Waals surface area contributed by atoms with Gasteiger partial charge in [-0.3, -0.25) is 4.79 Å². The lowest BCUT2D eigenvalue weighted by molar-refractivity contribution is 0.0786. The van der Waals surface area contributed by atoms with Crippen LogP contribution in [0.1, 0.15) is 15.2 Å². The molecule has 18 heavy (non-hydrogen) atoms. The van der Waals surface area contributed by atoms with Gasteiger partial charge >= 0.3 is 0 Å².